The van der Waals surface area contributed by atoms with Gasteiger partial charge in [-0.2, -0.15) is 0 Å². The molecule has 0 radical (unpaired) electrons. The smallest absolute Gasteiger partial charge is 0.233 e. The molecule has 0 atom stereocenters. The summed E-state index contributed by atoms with van der Waals surface area (Å²) in [6.07, 6.45) is 1.57. The fourth-order valence-corrected chi connectivity index (χ4v) is 3.01. The predicted octanol–water partition coefficient (Wildman–Crippen LogP) is 3.22. The number of hydrogen-bond donors (Lipinski definition) is 2. The van der Waals surface area contributed by atoms with Gasteiger partial charge in [-0.1, -0.05) is 42.5 Å². The molecule has 0 unspecified atom stereocenters. The van der Waals surface area contributed by atoms with Crippen molar-refractivity contribution in [2.45, 2.75) is 20.3 Å². The molecule has 25 heavy (non-hydrogen) atoms. The van der Waals surface area contributed by atoms with Gasteiger partial charge >= 0.3 is 0 Å². The summed E-state index contributed by atoms with van der Waals surface area (Å²) in [5, 5.41) is 3.91. The van der Waals surface area contributed by atoms with Crippen LogP contribution in [0.4, 0.5) is 5.69 Å². The third-order valence-corrected chi connectivity index (χ3v) is 4.87. The fourth-order valence-electron chi connectivity index (χ4n) is 2.19. The van der Waals surface area contributed by atoms with E-state index in [0.717, 1.165) is 27.8 Å². The highest BCUT2D eigenvalue weighted by molar-refractivity contribution is 7.92. The Kier molecular flexibility index (Phi) is 6.50. The Hall–Kier alpha value is -2.44. The molecule has 0 bridgehead atoms. The van der Waals surface area contributed by atoms with Crippen molar-refractivity contribution in [3.63, 3.8) is 0 Å². The van der Waals surface area contributed by atoms with Gasteiger partial charge in [0.2, 0.25) is 15.9 Å². The fraction of sp³-hybridized carbons (Fsp3) is 0.211. The van der Waals surface area contributed by atoms with Crippen LogP contribution in [0.25, 0.3) is 6.08 Å². The Bertz CT molecular complexity index is 859. The Morgan fingerprint density at radius 3 is 2.48 bits per heavy atom. The zero-order valence-corrected chi connectivity index (χ0v) is 15.1. The molecule has 0 aliphatic carbocycles. The maximum Gasteiger partial charge on any atom is 0.233 e. The van der Waals surface area contributed by atoms with Crippen LogP contribution in [0.1, 0.15) is 23.1 Å². The van der Waals surface area contributed by atoms with Crippen molar-refractivity contribution in [3.05, 3.63) is 70.6 Å². The van der Waals surface area contributed by atoms with Crippen LogP contribution in [0, 0.1) is 13.8 Å². The second kappa shape index (κ2) is 8.60. The van der Waals surface area contributed by atoms with Crippen LogP contribution in [0.5, 0.6) is 0 Å². The van der Waals surface area contributed by atoms with Gasteiger partial charge < -0.3 is 5.32 Å². The van der Waals surface area contributed by atoms with Gasteiger partial charge in [-0.15, -0.1) is 0 Å². The standard InChI is InChI=1S/C19H22N2O3S/c1-15-7-6-10-18(16(15)2)21-19(22)11-13-20-25(23,24)14-12-17-8-4-3-5-9-17/h3-10,12,14,20H,11,13H2,1-2H3,(H,21,22). The van der Waals surface area contributed by atoms with E-state index in [-0.39, 0.29) is 18.9 Å². The molecule has 2 N–H and O–H groups in total. The second-order valence-electron chi connectivity index (χ2n) is 5.70. The average Bonchev–Trinajstić information content (AvgIpc) is 2.58. The van der Waals surface area contributed by atoms with Crippen molar-refractivity contribution in [2.75, 3.05) is 11.9 Å². The average molecular weight is 358 g/mol. The SMILES string of the molecule is Cc1cccc(NC(=O)CCNS(=O)(=O)C=Cc2ccccc2)c1C. The lowest BCUT2D eigenvalue weighted by atomic mass is 10.1. The molecule has 0 aliphatic heterocycles. The highest BCUT2D eigenvalue weighted by Gasteiger charge is 2.09. The summed E-state index contributed by atoms with van der Waals surface area (Å²) in [6, 6.07) is 14.8. The van der Waals surface area contributed by atoms with Gasteiger partial charge in [0, 0.05) is 24.1 Å². The molecule has 0 saturated carbocycles. The van der Waals surface area contributed by atoms with E-state index < -0.39 is 10.0 Å². The molecule has 6 heteroatoms. The largest absolute Gasteiger partial charge is 0.326 e. The van der Waals surface area contributed by atoms with Gasteiger partial charge in [-0.3, -0.25) is 4.79 Å². The Morgan fingerprint density at radius 1 is 1.04 bits per heavy atom. The lowest BCUT2D eigenvalue weighted by Gasteiger charge is -2.10. The van der Waals surface area contributed by atoms with Crippen molar-refractivity contribution in [3.8, 4) is 0 Å². The molecule has 0 fully saturated rings. The summed E-state index contributed by atoms with van der Waals surface area (Å²) in [5.74, 6) is -0.233. The maximum absolute atomic E-state index is 12.0. The number of hydrogen-bond acceptors (Lipinski definition) is 3. The number of carbonyl (C=O) groups excluding carboxylic acids is 1. The van der Waals surface area contributed by atoms with Crippen LogP contribution in [-0.4, -0.2) is 20.9 Å². The molecule has 2 aromatic rings. The number of nitrogens with one attached hydrogen (secondary N) is 2. The van der Waals surface area contributed by atoms with E-state index in [2.05, 4.69) is 10.0 Å². The number of carbonyl (C=O) groups is 1. The summed E-state index contributed by atoms with van der Waals surface area (Å²) in [4.78, 5) is 12.0. The normalized spacial score (nSPS) is 11.6. The van der Waals surface area contributed by atoms with Gasteiger partial charge in [0.05, 0.1) is 0 Å². The predicted molar refractivity (Wildman–Crippen MR) is 102 cm³/mol. The first-order chi connectivity index (χ1) is 11.9. The highest BCUT2D eigenvalue weighted by Crippen LogP contribution is 2.17. The van der Waals surface area contributed by atoms with Gasteiger partial charge in [-0.25, -0.2) is 13.1 Å². The van der Waals surface area contributed by atoms with Gasteiger partial charge in [0.15, 0.2) is 0 Å². The molecule has 2 aromatic carbocycles. The van der Waals surface area contributed by atoms with Crippen molar-refractivity contribution in [1.29, 1.82) is 0 Å². The third kappa shape index (κ3) is 6.17. The summed E-state index contributed by atoms with van der Waals surface area (Å²) in [5.41, 5.74) is 3.63. The minimum atomic E-state index is -3.57. The number of anilines is 1. The van der Waals surface area contributed by atoms with E-state index in [1.807, 2.05) is 62.4 Å². The van der Waals surface area contributed by atoms with Crippen LogP contribution in [0.2, 0.25) is 0 Å². The zero-order valence-electron chi connectivity index (χ0n) is 14.3. The second-order valence-corrected chi connectivity index (χ2v) is 7.35. The quantitative estimate of drug-likeness (QED) is 0.798. The van der Waals surface area contributed by atoms with Crippen LogP contribution in [0.3, 0.4) is 0 Å². The molecule has 1 amide bonds. The van der Waals surface area contributed by atoms with E-state index in [9.17, 15) is 13.2 Å². The third-order valence-electron chi connectivity index (χ3n) is 3.77. The first kappa shape index (κ1) is 18.9. The summed E-state index contributed by atoms with van der Waals surface area (Å²) >= 11 is 0. The minimum Gasteiger partial charge on any atom is -0.326 e. The van der Waals surface area contributed by atoms with Gasteiger partial charge in [-0.05, 0) is 42.7 Å². The highest BCUT2D eigenvalue weighted by atomic mass is 32.2. The summed E-state index contributed by atoms with van der Waals surface area (Å²) in [6.45, 7) is 3.94. The maximum atomic E-state index is 12.0. The molecule has 0 aromatic heterocycles. The molecule has 2 rings (SSSR count). The molecular weight excluding hydrogens is 336 g/mol. The first-order valence-electron chi connectivity index (χ1n) is 7.96. The molecule has 5 nitrogen and oxygen atoms in total. The Labute approximate surface area is 148 Å². The zero-order chi connectivity index (χ0) is 18.3. The number of rotatable bonds is 7. The van der Waals surface area contributed by atoms with Gasteiger partial charge in [0.25, 0.3) is 0 Å². The van der Waals surface area contributed by atoms with Crippen LogP contribution in [-0.2, 0) is 14.8 Å². The van der Waals surface area contributed by atoms with E-state index in [4.69, 9.17) is 0 Å². The Balaban J connectivity index is 1.84. The number of benzene rings is 2. The Morgan fingerprint density at radius 2 is 1.76 bits per heavy atom. The number of sulfonamides is 1. The van der Waals surface area contributed by atoms with Gasteiger partial charge in [0.1, 0.15) is 0 Å². The molecular formula is C19H22N2O3S. The van der Waals surface area contributed by atoms with Crippen molar-refractivity contribution >= 4 is 27.7 Å². The van der Waals surface area contributed by atoms with Crippen molar-refractivity contribution < 1.29 is 13.2 Å². The first-order valence-corrected chi connectivity index (χ1v) is 9.51. The molecule has 0 aliphatic rings. The number of amides is 1. The topological polar surface area (TPSA) is 75.3 Å². The van der Waals surface area contributed by atoms with E-state index >= 15 is 0 Å². The molecule has 0 spiro atoms. The molecule has 0 heterocycles. The number of aryl methyl sites for hydroxylation is 1. The van der Waals surface area contributed by atoms with E-state index in [1.165, 1.54) is 6.08 Å². The van der Waals surface area contributed by atoms with Crippen molar-refractivity contribution in [1.82, 2.24) is 4.72 Å². The van der Waals surface area contributed by atoms with E-state index in [1.54, 1.807) is 0 Å². The van der Waals surface area contributed by atoms with E-state index in [0.29, 0.717) is 0 Å². The minimum absolute atomic E-state index is 0.0398. The lowest BCUT2D eigenvalue weighted by Crippen LogP contribution is -2.26. The molecule has 132 valence electrons. The lowest BCUT2D eigenvalue weighted by molar-refractivity contribution is -0.116. The summed E-state index contributed by atoms with van der Waals surface area (Å²) in [7, 11) is -3.57. The molecule has 0 saturated heterocycles. The van der Waals surface area contributed by atoms with Crippen molar-refractivity contribution in [2.24, 2.45) is 0 Å². The van der Waals surface area contributed by atoms with Crippen LogP contribution in [0.15, 0.2) is 53.9 Å². The van der Waals surface area contributed by atoms with Crippen LogP contribution >= 0.6 is 0 Å². The van der Waals surface area contributed by atoms with Crippen LogP contribution < -0.4 is 10.0 Å². The summed E-state index contributed by atoms with van der Waals surface area (Å²) < 4.78 is 26.2. The monoisotopic (exact) mass is 358 g/mol.